The van der Waals surface area contributed by atoms with E-state index in [4.69, 9.17) is 21.1 Å². The molecule has 0 saturated carbocycles. The molecule has 1 rings (SSSR count). The Balaban J connectivity index is 2.78. The number of hydrogen-bond acceptors (Lipinski definition) is 3. The minimum atomic E-state index is -0.202. The Hall–Kier alpha value is -1.68. The number of rotatable bonds is 6. The van der Waals surface area contributed by atoms with Crippen LogP contribution >= 0.6 is 11.6 Å². The summed E-state index contributed by atoms with van der Waals surface area (Å²) < 4.78 is 10.3. The third-order valence-corrected chi connectivity index (χ3v) is 2.86. The van der Waals surface area contributed by atoms with Gasteiger partial charge in [-0.25, -0.2) is 0 Å². The molecule has 0 saturated heterocycles. The average molecular weight is 270 g/mol. The number of methoxy groups -OCH3 is 2. The lowest BCUT2D eigenvalue weighted by Crippen LogP contribution is -2.23. The van der Waals surface area contributed by atoms with Gasteiger partial charge in [0.25, 0.3) is 0 Å². The summed E-state index contributed by atoms with van der Waals surface area (Å²) in [5, 5.41) is 3.19. The van der Waals surface area contributed by atoms with Crippen LogP contribution in [0, 0.1) is 0 Å². The number of halogens is 1. The Kier molecular flexibility index (Phi) is 5.52. The molecule has 0 unspecified atom stereocenters. The minimum Gasteiger partial charge on any atom is -0.493 e. The minimum absolute atomic E-state index is 0.202. The number of amides is 1. The predicted molar refractivity (Wildman–Crippen MR) is 71.5 cm³/mol. The summed E-state index contributed by atoms with van der Waals surface area (Å²) in [4.78, 5) is 11.0. The van der Waals surface area contributed by atoms with E-state index in [-0.39, 0.29) is 5.91 Å². The molecule has 0 radical (unpaired) electrons. The lowest BCUT2D eigenvalue weighted by molar-refractivity contribution is -0.116. The molecule has 0 aliphatic carbocycles. The molecule has 1 aromatic rings. The fourth-order valence-corrected chi connectivity index (χ4v) is 1.84. The Bertz CT molecular complexity index is 446. The third kappa shape index (κ3) is 3.40. The topological polar surface area (TPSA) is 47.6 Å². The highest BCUT2D eigenvalue weighted by molar-refractivity contribution is 6.33. The summed E-state index contributed by atoms with van der Waals surface area (Å²) in [6.45, 7) is 3.87. The van der Waals surface area contributed by atoms with E-state index in [1.165, 1.54) is 13.2 Å². The van der Waals surface area contributed by atoms with Crippen molar-refractivity contribution in [3.8, 4) is 11.5 Å². The molecule has 4 nitrogen and oxygen atoms in total. The molecule has 0 fully saturated rings. The van der Waals surface area contributed by atoms with Gasteiger partial charge >= 0.3 is 0 Å². The Morgan fingerprint density at radius 3 is 2.72 bits per heavy atom. The zero-order chi connectivity index (χ0) is 13.5. The van der Waals surface area contributed by atoms with E-state index in [1.54, 1.807) is 13.2 Å². The van der Waals surface area contributed by atoms with Crippen LogP contribution in [0.4, 0.5) is 0 Å². The zero-order valence-electron chi connectivity index (χ0n) is 10.5. The summed E-state index contributed by atoms with van der Waals surface area (Å²) >= 11 is 6.20. The van der Waals surface area contributed by atoms with Gasteiger partial charge in [0.15, 0.2) is 11.5 Å². The third-order valence-electron chi connectivity index (χ3n) is 2.44. The number of hydrogen-bond donors (Lipinski definition) is 1. The van der Waals surface area contributed by atoms with E-state index < -0.39 is 0 Å². The van der Waals surface area contributed by atoms with Gasteiger partial charge in [-0.15, -0.1) is 0 Å². The fraction of sp³-hybridized carbons (Fsp3) is 0.308. The smallest absolute Gasteiger partial charge is 0.243 e. The van der Waals surface area contributed by atoms with E-state index in [0.29, 0.717) is 29.5 Å². The molecule has 0 aliphatic heterocycles. The van der Waals surface area contributed by atoms with Crippen molar-refractivity contribution in [3.63, 3.8) is 0 Å². The van der Waals surface area contributed by atoms with Crippen molar-refractivity contribution in [2.75, 3.05) is 20.8 Å². The summed E-state index contributed by atoms with van der Waals surface area (Å²) in [7, 11) is 3.09. The van der Waals surface area contributed by atoms with E-state index in [9.17, 15) is 4.79 Å². The monoisotopic (exact) mass is 269 g/mol. The summed E-state index contributed by atoms with van der Waals surface area (Å²) in [6, 6.07) is 3.64. The van der Waals surface area contributed by atoms with E-state index in [1.807, 2.05) is 6.07 Å². The van der Waals surface area contributed by atoms with Gasteiger partial charge in [-0.3, -0.25) is 4.79 Å². The first-order valence-corrected chi connectivity index (χ1v) is 5.81. The van der Waals surface area contributed by atoms with Crippen molar-refractivity contribution in [2.45, 2.75) is 6.42 Å². The van der Waals surface area contributed by atoms with Gasteiger partial charge in [-0.1, -0.05) is 24.2 Å². The van der Waals surface area contributed by atoms with Gasteiger partial charge in [-0.05, 0) is 24.1 Å². The molecule has 0 atom stereocenters. The molecule has 18 heavy (non-hydrogen) atoms. The maximum atomic E-state index is 11.0. The van der Waals surface area contributed by atoms with E-state index in [0.717, 1.165) is 5.56 Å². The predicted octanol–water partition coefficient (Wildman–Crippen LogP) is 2.20. The molecular formula is C13H16ClNO3. The summed E-state index contributed by atoms with van der Waals surface area (Å²) in [5.74, 6) is 0.889. The van der Waals surface area contributed by atoms with Gasteiger partial charge in [0.1, 0.15) is 0 Å². The van der Waals surface area contributed by atoms with Crippen molar-refractivity contribution in [1.82, 2.24) is 5.32 Å². The molecule has 0 bridgehead atoms. The van der Waals surface area contributed by atoms with Crippen molar-refractivity contribution in [2.24, 2.45) is 0 Å². The lowest BCUT2D eigenvalue weighted by Gasteiger charge is -2.12. The first-order valence-electron chi connectivity index (χ1n) is 5.43. The van der Waals surface area contributed by atoms with Crippen molar-refractivity contribution >= 4 is 17.5 Å². The fourth-order valence-electron chi connectivity index (χ4n) is 1.52. The van der Waals surface area contributed by atoms with Crippen LogP contribution in [-0.4, -0.2) is 26.7 Å². The molecule has 5 heteroatoms. The maximum Gasteiger partial charge on any atom is 0.243 e. The second kappa shape index (κ2) is 6.91. The van der Waals surface area contributed by atoms with Gasteiger partial charge in [-0.2, -0.15) is 0 Å². The average Bonchev–Trinajstić information content (AvgIpc) is 2.39. The van der Waals surface area contributed by atoms with Crippen LogP contribution in [0.15, 0.2) is 24.8 Å². The van der Waals surface area contributed by atoms with Crippen LogP contribution in [0.5, 0.6) is 11.5 Å². The summed E-state index contributed by atoms with van der Waals surface area (Å²) in [6.07, 6.45) is 1.84. The first-order chi connectivity index (χ1) is 8.63. The van der Waals surface area contributed by atoms with Crippen molar-refractivity contribution < 1.29 is 14.3 Å². The Morgan fingerprint density at radius 2 is 2.17 bits per heavy atom. The molecule has 0 aliphatic rings. The highest BCUT2D eigenvalue weighted by atomic mass is 35.5. The molecular weight excluding hydrogens is 254 g/mol. The van der Waals surface area contributed by atoms with Crippen LogP contribution in [0.3, 0.4) is 0 Å². The molecule has 0 heterocycles. The quantitative estimate of drug-likeness (QED) is 0.806. The van der Waals surface area contributed by atoms with Gasteiger partial charge in [0.2, 0.25) is 5.91 Å². The van der Waals surface area contributed by atoms with Crippen LogP contribution in [0.25, 0.3) is 0 Å². The lowest BCUT2D eigenvalue weighted by atomic mass is 10.1. The van der Waals surface area contributed by atoms with Crippen LogP contribution in [-0.2, 0) is 11.2 Å². The summed E-state index contributed by atoms with van der Waals surface area (Å²) in [5.41, 5.74) is 0.888. The largest absolute Gasteiger partial charge is 0.493 e. The van der Waals surface area contributed by atoms with E-state index >= 15 is 0 Å². The number of benzene rings is 1. The molecule has 0 spiro atoms. The Morgan fingerprint density at radius 1 is 1.44 bits per heavy atom. The van der Waals surface area contributed by atoms with Gasteiger partial charge in [0, 0.05) is 6.54 Å². The van der Waals surface area contributed by atoms with Crippen LogP contribution in [0.2, 0.25) is 5.02 Å². The molecule has 1 aromatic carbocycles. The number of carbonyl (C=O) groups excluding carboxylic acids is 1. The zero-order valence-corrected chi connectivity index (χ0v) is 11.2. The number of nitrogens with one attached hydrogen (secondary N) is 1. The first kappa shape index (κ1) is 14.4. The number of carbonyl (C=O) groups is 1. The van der Waals surface area contributed by atoms with Gasteiger partial charge in [0.05, 0.1) is 19.2 Å². The van der Waals surface area contributed by atoms with Crippen molar-refractivity contribution in [3.05, 3.63) is 35.4 Å². The number of ether oxygens (including phenoxy) is 2. The normalized spacial score (nSPS) is 9.72. The second-order valence-electron chi connectivity index (χ2n) is 3.52. The van der Waals surface area contributed by atoms with Crippen molar-refractivity contribution in [1.29, 1.82) is 0 Å². The molecule has 98 valence electrons. The molecule has 0 aromatic heterocycles. The maximum absolute atomic E-state index is 11.0. The van der Waals surface area contributed by atoms with Crippen LogP contribution < -0.4 is 14.8 Å². The van der Waals surface area contributed by atoms with E-state index in [2.05, 4.69) is 11.9 Å². The standard InChI is InChI=1S/C13H16ClNO3/c1-4-11(16)15-8-7-9-5-6-10(17-2)13(18-3)12(9)14/h4-6H,1,7-8H2,2-3H3,(H,15,16). The van der Waals surface area contributed by atoms with Gasteiger partial charge < -0.3 is 14.8 Å². The van der Waals surface area contributed by atoms with Crippen LogP contribution in [0.1, 0.15) is 5.56 Å². The SMILES string of the molecule is C=CC(=O)NCCc1ccc(OC)c(OC)c1Cl. The molecule has 1 amide bonds. The molecule has 1 N–H and O–H groups in total. The highest BCUT2D eigenvalue weighted by Gasteiger charge is 2.12. The second-order valence-corrected chi connectivity index (χ2v) is 3.90. The Labute approximate surface area is 112 Å². The highest BCUT2D eigenvalue weighted by Crippen LogP contribution is 2.37.